The van der Waals surface area contributed by atoms with E-state index in [1.54, 1.807) is 0 Å². The smallest absolute Gasteiger partial charge is 0.224 e. The molecule has 1 unspecified atom stereocenters. The van der Waals surface area contributed by atoms with Crippen molar-refractivity contribution in [1.29, 1.82) is 0 Å². The lowest BCUT2D eigenvalue weighted by Gasteiger charge is -2.30. The Labute approximate surface area is 137 Å². The summed E-state index contributed by atoms with van der Waals surface area (Å²) in [5, 5.41) is 6.21. The first-order valence-electron chi connectivity index (χ1n) is 7.82. The molecule has 1 atom stereocenters. The minimum Gasteiger partial charge on any atom is -0.326 e. The zero-order valence-electron chi connectivity index (χ0n) is 13.1. The summed E-state index contributed by atoms with van der Waals surface area (Å²) in [6.07, 6.45) is 3.05. The third-order valence-electron chi connectivity index (χ3n) is 4.64. The highest BCUT2D eigenvalue weighted by Crippen LogP contribution is 2.36. The molecule has 1 heterocycles. The molecule has 22 heavy (non-hydrogen) atoms. The number of aryl methyl sites for hydroxylation is 1. The topological polar surface area (TPSA) is 58.2 Å². The van der Waals surface area contributed by atoms with Crippen LogP contribution in [0.3, 0.4) is 0 Å². The fourth-order valence-electron chi connectivity index (χ4n) is 3.51. The molecular formula is C17H23ClN2O2. The molecule has 1 aromatic rings. The summed E-state index contributed by atoms with van der Waals surface area (Å²) >= 11 is 0. The summed E-state index contributed by atoms with van der Waals surface area (Å²) in [4.78, 5) is 24.5. The maximum Gasteiger partial charge on any atom is 0.224 e. The summed E-state index contributed by atoms with van der Waals surface area (Å²) in [6.45, 7) is 5.74. The van der Waals surface area contributed by atoms with Crippen LogP contribution in [-0.4, -0.2) is 24.8 Å². The number of fused-ring (bicyclic) bond motifs is 3. The van der Waals surface area contributed by atoms with Crippen LogP contribution in [0.1, 0.15) is 46.8 Å². The Hall–Kier alpha value is -1.39. The summed E-state index contributed by atoms with van der Waals surface area (Å²) in [5.41, 5.74) is 5.13. The quantitative estimate of drug-likeness (QED) is 0.899. The van der Waals surface area contributed by atoms with Crippen LogP contribution in [0.15, 0.2) is 6.07 Å². The van der Waals surface area contributed by atoms with E-state index in [-0.39, 0.29) is 30.0 Å². The van der Waals surface area contributed by atoms with E-state index >= 15 is 0 Å². The van der Waals surface area contributed by atoms with Gasteiger partial charge in [0.1, 0.15) is 0 Å². The first-order valence-corrected chi connectivity index (χ1v) is 7.82. The van der Waals surface area contributed by atoms with Gasteiger partial charge in [0, 0.05) is 30.1 Å². The van der Waals surface area contributed by atoms with Crippen LogP contribution in [-0.2, 0) is 17.6 Å². The Bertz CT molecular complexity index is 613. The van der Waals surface area contributed by atoms with Crippen LogP contribution in [0, 0.1) is 12.8 Å². The number of hydrogen-bond donors (Lipinski definition) is 2. The van der Waals surface area contributed by atoms with E-state index in [9.17, 15) is 9.59 Å². The lowest BCUT2D eigenvalue weighted by Crippen LogP contribution is -2.34. The zero-order chi connectivity index (χ0) is 15.0. The average Bonchev–Trinajstić information content (AvgIpc) is 2.46. The molecule has 2 aliphatic rings. The number of nitrogens with one attached hydrogen (secondary N) is 2. The number of halogens is 1. The van der Waals surface area contributed by atoms with E-state index < -0.39 is 0 Å². The lowest BCUT2D eigenvalue weighted by atomic mass is 9.77. The molecule has 2 N–H and O–H groups in total. The Morgan fingerprint density at radius 3 is 2.73 bits per heavy atom. The molecule has 0 aromatic heterocycles. The molecule has 1 aliphatic carbocycles. The molecule has 4 nitrogen and oxygen atoms in total. The minimum absolute atomic E-state index is 0. The number of carbonyl (C=O) groups is 2. The molecule has 0 saturated carbocycles. The third-order valence-corrected chi connectivity index (χ3v) is 4.64. The van der Waals surface area contributed by atoms with E-state index in [0.717, 1.165) is 48.3 Å². The maximum absolute atomic E-state index is 12.9. The second-order valence-corrected chi connectivity index (χ2v) is 6.03. The van der Waals surface area contributed by atoms with Gasteiger partial charge in [-0.25, -0.2) is 0 Å². The predicted molar refractivity (Wildman–Crippen MR) is 90.1 cm³/mol. The fourth-order valence-corrected chi connectivity index (χ4v) is 3.51. The van der Waals surface area contributed by atoms with Gasteiger partial charge in [-0.15, -0.1) is 12.4 Å². The summed E-state index contributed by atoms with van der Waals surface area (Å²) in [6, 6.07) is 2.03. The monoisotopic (exact) mass is 322 g/mol. The summed E-state index contributed by atoms with van der Waals surface area (Å²) in [7, 11) is 0. The molecule has 3 rings (SSSR count). The van der Waals surface area contributed by atoms with Gasteiger partial charge in [0.05, 0.1) is 0 Å². The molecule has 0 saturated heterocycles. The third kappa shape index (κ3) is 2.90. The van der Waals surface area contributed by atoms with Gasteiger partial charge in [-0.1, -0.05) is 6.92 Å². The lowest BCUT2D eigenvalue weighted by molar-refractivity contribution is -0.116. The SMILES string of the molecule is CCNCC1CCc2c(C)cc3c(c2C1=O)CCC(=O)N3.Cl. The first-order chi connectivity index (χ1) is 10.1. The van der Waals surface area contributed by atoms with Crippen molar-refractivity contribution < 1.29 is 9.59 Å². The van der Waals surface area contributed by atoms with Crippen molar-refractivity contribution >= 4 is 29.8 Å². The van der Waals surface area contributed by atoms with Crippen molar-refractivity contribution in [2.45, 2.75) is 39.5 Å². The molecular weight excluding hydrogens is 300 g/mol. The Balaban J connectivity index is 0.00000176. The maximum atomic E-state index is 12.9. The van der Waals surface area contributed by atoms with Crippen molar-refractivity contribution in [3.05, 3.63) is 28.3 Å². The fraction of sp³-hybridized carbons (Fsp3) is 0.529. The highest BCUT2D eigenvalue weighted by Gasteiger charge is 2.32. The van der Waals surface area contributed by atoms with Crippen LogP contribution in [0.25, 0.3) is 0 Å². The highest BCUT2D eigenvalue weighted by atomic mass is 35.5. The molecule has 0 spiro atoms. The second-order valence-electron chi connectivity index (χ2n) is 6.03. The molecule has 1 aliphatic heterocycles. The van der Waals surface area contributed by atoms with Gasteiger partial charge in [-0.3, -0.25) is 9.59 Å². The summed E-state index contributed by atoms with van der Waals surface area (Å²) < 4.78 is 0. The number of ketones is 1. The van der Waals surface area contributed by atoms with E-state index in [2.05, 4.69) is 17.6 Å². The molecule has 0 bridgehead atoms. The molecule has 0 fully saturated rings. The molecule has 0 radical (unpaired) electrons. The standard InChI is InChI=1S/C17H22N2O2.ClH/c1-3-18-9-11-4-5-12-10(2)8-14-13(16(12)17(11)21)6-7-15(20)19-14;/h8,11,18H,3-7,9H2,1-2H3,(H,19,20);1H. The van der Waals surface area contributed by atoms with Crippen molar-refractivity contribution in [1.82, 2.24) is 5.32 Å². The van der Waals surface area contributed by atoms with Gasteiger partial charge in [0.25, 0.3) is 0 Å². The van der Waals surface area contributed by atoms with Crippen LogP contribution in [0.2, 0.25) is 0 Å². The van der Waals surface area contributed by atoms with Gasteiger partial charge < -0.3 is 10.6 Å². The van der Waals surface area contributed by atoms with Crippen molar-refractivity contribution in [2.75, 3.05) is 18.4 Å². The van der Waals surface area contributed by atoms with Crippen LogP contribution < -0.4 is 10.6 Å². The average molecular weight is 323 g/mol. The number of amides is 1. The van der Waals surface area contributed by atoms with E-state index in [1.165, 1.54) is 5.56 Å². The van der Waals surface area contributed by atoms with Crippen molar-refractivity contribution in [3.63, 3.8) is 0 Å². The number of rotatable bonds is 3. The Morgan fingerprint density at radius 1 is 1.23 bits per heavy atom. The van der Waals surface area contributed by atoms with E-state index in [4.69, 9.17) is 0 Å². The van der Waals surface area contributed by atoms with Gasteiger partial charge >= 0.3 is 0 Å². The molecule has 5 heteroatoms. The van der Waals surface area contributed by atoms with Crippen molar-refractivity contribution in [3.8, 4) is 0 Å². The zero-order valence-corrected chi connectivity index (χ0v) is 13.9. The van der Waals surface area contributed by atoms with Gasteiger partial charge in [-0.05, 0) is 55.5 Å². The molecule has 1 aromatic carbocycles. The first kappa shape index (κ1) is 17.0. The van der Waals surface area contributed by atoms with Crippen LogP contribution in [0.5, 0.6) is 0 Å². The Kier molecular flexibility index (Phi) is 5.24. The second kappa shape index (κ2) is 6.80. The van der Waals surface area contributed by atoms with Crippen LogP contribution in [0.4, 0.5) is 5.69 Å². The van der Waals surface area contributed by atoms with Crippen molar-refractivity contribution in [2.24, 2.45) is 5.92 Å². The highest BCUT2D eigenvalue weighted by molar-refractivity contribution is 6.05. The van der Waals surface area contributed by atoms with Crippen LogP contribution >= 0.6 is 12.4 Å². The van der Waals surface area contributed by atoms with Gasteiger partial charge in [-0.2, -0.15) is 0 Å². The number of anilines is 1. The predicted octanol–water partition coefficient (Wildman–Crippen LogP) is 2.66. The number of carbonyl (C=O) groups excluding carboxylic acids is 2. The van der Waals surface area contributed by atoms with Gasteiger partial charge in [0.2, 0.25) is 5.91 Å². The molecule has 120 valence electrons. The summed E-state index contributed by atoms with van der Waals surface area (Å²) in [5.74, 6) is 0.378. The normalized spacial score (nSPS) is 19.8. The van der Waals surface area contributed by atoms with Gasteiger partial charge in [0.15, 0.2) is 5.78 Å². The minimum atomic E-state index is 0. The Morgan fingerprint density at radius 2 is 2.00 bits per heavy atom. The van der Waals surface area contributed by atoms with E-state index in [1.807, 2.05) is 13.0 Å². The number of benzene rings is 1. The molecule has 1 amide bonds. The van der Waals surface area contributed by atoms with E-state index in [0.29, 0.717) is 12.8 Å². The number of hydrogen-bond acceptors (Lipinski definition) is 3. The number of Topliss-reactive ketones (excluding diaryl/α,β-unsaturated/α-hetero) is 1. The largest absolute Gasteiger partial charge is 0.326 e.